The van der Waals surface area contributed by atoms with E-state index in [1.807, 2.05) is 18.2 Å². The molecule has 0 radical (unpaired) electrons. The maximum atomic E-state index is 14.0. The Balaban J connectivity index is 1.51. The number of nitrogens with zero attached hydrogens (tertiary/aromatic N) is 2. The number of aromatic nitrogens is 1. The van der Waals surface area contributed by atoms with Crippen LogP contribution >= 0.6 is 0 Å². The van der Waals surface area contributed by atoms with E-state index in [1.54, 1.807) is 12.3 Å². The molecule has 1 saturated heterocycles. The van der Waals surface area contributed by atoms with Crippen molar-refractivity contribution in [2.45, 2.75) is 25.4 Å². The van der Waals surface area contributed by atoms with Crippen LogP contribution in [0.4, 0.5) is 4.39 Å². The zero-order valence-electron chi connectivity index (χ0n) is 14.2. The van der Waals surface area contributed by atoms with Crippen LogP contribution in [0.1, 0.15) is 28.9 Å². The average Bonchev–Trinajstić information content (AvgIpc) is 2.64. The molecule has 0 saturated carbocycles. The lowest BCUT2D eigenvalue weighted by atomic mass is 10.0. The van der Waals surface area contributed by atoms with Crippen LogP contribution in [0.5, 0.6) is 5.75 Å². The highest BCUT2D eigenvalue weighted by Crippen LogP contribution is 2.18. The van der Waals surface area contributed by atoms with Gasteiger partial charge in [-0.3, -0.25) is 14.7 Å². The molecule has 1 aliphatic rings. The van der Waals surface area contributed by atoms with Gasteiger partial charge in [-0.2, -0.15) is 0 Å². The number of ether oxygens (including phenoxy) is 1. The minimum absolute atomic E-state index is 0.0525. The molecule has 1 aliphatic heterocycles. The number of amides is 1. The van der Waals surface area contributed by atoms with Gasteiger partial charge in [0.05, 0.1) is 18.4 Å². The summed E-state index contributed by atoms with van der Waals surface area (Å²) < 4.78 is 18.9. The fourth-order valence-electron chi connectivity index (χ4n) is 3.03. The Kier molecular flexibility index (Phi) is 5.60. The third-order valence-electron chi connectivity index (χ3n) is 4.46. The number of carbonyl (C=O) groups is 1. The number of carbonyl (C=O) groups excluding carboxylic acids is 1. The average molecular weight is 343 g/mol. The molecule has 2 heterocycles. The second kappa shape index (κ2) is 8.07. The highest BCUT2D eigenvalue weighted by Gasteiger charge is 2.22. The SMILES string of the molecule is COc1ccc(C(=O)NC2CCN(Cc3ccccn3)CC2)c(F)c1. The van der Waals surface area contributed by atoms with Gasteiger partial charge in [0.1, 0.15) is 11.6 Å². The number of hydrogen-bond donors (Lipinski definition) is 1. The van der Waals surface area contributed by atoms with Crippen molar-refractivity contribution in [1.29, 1.82) is 0 Å². The first kappa shape index (κ1) is 17.4. The van der Waals surface area contributed by atoms with Crippen LogP contribution in [-0.4, -0.2) is 42.0 Å². The van der Waals surface area contributed by atoms with Gasteiger partial charge in [0.15, 0.2) is 0 Å². The fourth-order valence-corrected chi connectivity index (χ4v) is 3.03. The molecule has 25 heavy (non-hydrogen) atoms. The van der Waals surface area contributed by atoms with Gasteiger partial charge in [-0.05, 0) is 37.1 Å². The maximum absolute atomic E-state index is 14.0. The van der Waals surface area contributed by atoms with Crippen molar-refractivity contribution in [3.63, 3.8) is 0 Å². The van der Waals surface area contributed by atoms with Crippen LogP contribution in [0.25, 0.3) is 0 Å². The predicted molar refractivity (Wildman–Crippen MR) is 93.0 cm³/mol. The molecule has 1 N–H and O–H groups in total. The van der Waals surface area contributed by atoms with Gasteiger partial charge in [-0.25, -0.2) is 4.39 Å². The number of benzene rings is 1. The van der Waals surface area contributed by atoms with E-state index >= 15 is 0 Å². The quantitative estimate of drug-likeness (QED) is 0.907. The predicted octanol–water partition coefficient (Wildman–Crippen LogP) is 2.62. The summed E-state index contributed by atoms with van der Waals surface area (Å²) in [4.78, 5) is 18.9. The van der Waals surface area contributed by atoms with E-state index in [2.05, 4.69) is 15.2 Å². The summed E-state index contributed by atoms with van der Waals surface area (Å²) in [5.41, 5.74) is 1.10. The first-order valence-electron chi connectivity index (χ1n) is 8.42. The minimum Gasteiger partial charge on any atom is -0.497 e. The first-order valence-corrected chi connectivity index (χ1v) is 8.42. The zero-order valence-corrected chi connectivity index (χ0v) is 14.2. The number of halogens is 1. The number of likely N-dealkylation sites (tertiary alicyclic amines) is 1. The van der Waals surface area contributed by atoms with Gasteiger partial charge >= 0.3 is 0 Å². The molecule has 3 rings (SSSR count). The number of methoxy groups -OCH3 is 1. The van der Waals surface area contributed by atoms with Gasteiger partial charge in [0, 0.05) is 37.9 Å². The minimum atomic E-state index is -0.565. The van der Waals surface area contributed by atoms with Gasteiger partial charge in [-0.1, -0.05) is 6.07 Å². The van der Waals surface area contributed by atoms with Crippen molar-refractivity contribution in [3.8, 4) is 5.75 Å². The number of piperidine rings is 1. The third kappa shape index (κ3) is 4.54. The monoisotopic (exact) mass is 343 g/mol. The molecule has 0 unspecified atom stereocenters. The van der Waals surface area contributed by atoms with E-state index in [4.69, 9.17) is 4.74 Å². The van der Waals surface area contributed by atoms with Crippen molar-refractivity contribution < 1.29 is 13.9 Å². The van der Waals surface area contributed by atoms with Crippen molar-refractivity contribution in [2.24, 2.45) is 0 Å². The normalized spacial score (nSPS) is 15.8. The molecule has 5 nitrogen and oxygen atoms in total. The Hall–Kier alpha value is -2.47. The maximum Gasteiger partial charge on any atom is 0.254 e. The molecule has 6 heteroatoms. The van der Waals surface area contributed by atoms with Gasteiger partial charge in [0.2, 0.25) is 0 Å². The molecule has 2 aromatic rings. The third-order valence-corrected chi connectivity index (χ3v) is 4.46. The summed E-state index contributed by atoms with van der Waals surface area (Å²) in [6.45, 7) is 2.58. The molecule has 0 aliphatic carbocycles. The second-order valence-electron chi connectivity index (χ2n) is 6.19. The fraction of sp³-hybridized carbons (Fsp3) is 0.368. The summed E-state index contributed by atoms with van der Waals surface area (Å²) in [5.74, 6) is -0.537. The standard InChI is InChI=1S/C19H22FN3O2/c1-25-16-5-6-17(18(20)12-16)19(24)22-14-7-10-23(11-8-14)13-15-4-2-3-9-21-15/h2-6,9,12,14H,7-8,10-11,13H2,1H3,(H,22,24). The van der Waals surface area contributed by atoms with Crippen LogP contribution in [0, 0.1) is 5.82 Å². The van der Waals surface area contributed by atoms with Crippen LogP contribution in [0.15, 0.2) is 42.6 Å². The number of nitrogens with one attached hydrogen (secondary N) is 1. The zero-order chi connectivity index (χ0) is 17.6. The highest BCUT2D eigenvalue weighted by molar-refractivity contribution is 5.94. The molecule has 132 valence electrons. The molecule has 1 aromatic heterocycles. The Bertz CT molecular complexity index is 716. The Morgan fingerprint density at radius 1 is 1.32 bits per heavy atom. The topological polar surface area (TPSA) is 54.5 Å². The summed E-state index contributed by atoms with van der Waals surface area (Å²) in [6.07, 6.45) is 3.48. The van der Waals surface area contributed by atoms with E-state index in [0.29, 0.717) is 5.75 Å². The van der Waals surface area contributed by atoms with Gasteiger partial charge in [0.25, 0.3) is 5.91 Å². The summed E-state index contributed by atoms with van der Waals surface area (Å²) in [7, 11) is 1.47. The van der Waals surface area contributed by atoms with E-state index in [9.17, 15) is 9.18 Å². The lowest BCUT2D eigenvalue weighted by molar-refractivity contribution is 0.0904. The molecular formula is C19H22FN3O2. The van der Waals surface area contributed by atoms with E-state index in [-0.39, 0.29) is 17.5 Å². The number of rotatable bonds is 5. The van der Waals surface area contributed by atoms with Crippen molar-refractivity contribution in [3.05, 3.63) is 59.7 Å². The van der Waals surface area contributed by atoms with Gasteiger partial charge in [-0.15, -0.1) is 0 Å². The molecular weight excluding hydrogens is 321 g/mol. The van der Waals surface area contributed by atoms with Crippen LogP contribution in [-0.2, 0) is 6.54 Å². The van der Waals surface area contributed by atoms with Crippen LogP contribution in [0.2, 0.25) is 0 Å². The summed E-state index contributed by atoms with van der Waals surface area (Å²) >= 11 is 0. The largest absolute Gasteiger partial charge is 0.497 e. The number of hydrogen-bond acceptors (Lipinski definition) is 4. The summed E-state index contributed by atoms with van der Waals surface area (Å²) in [5, 5.41) is 2.94. The Morgan fingerprint density at radius 3 is 2.76 bits per heavy atom. The first-order chi connectivity index (χ1) is 12.2. The van der Waals surface area contributed by atoms with Gasteiger partial charge < -0.3 is 10.1 Å². The van der Waals surface area contributed by atoms with Crippen molar-refractivity contribution in [1.82, 2.24) is 15.2 Å². The molecule has 1 fully saturated rings. The van der Waals surface area contributed by atoms with Crippen LogP contribution in [0.3, 0.4) is 0 Å². The summed E-state index contributed by atoms with van der Waals surface area (Å²) in [6, 6.07) is 10.2. The van der Waals surface area contributed by atoms with Crippen molar-refractivity contribution >= 4 is 5.91 Å². The lowest BCUT2D eigenvalue weighted by Gasteiger charge is -2.32. The molecule has 0 bridgehead atoms. The smallest absolute Gasteiger partial charge is 0.254 e. The lowest BCUT2D eigenvalue weighted by Crippen LogP contribution is -2.44. The van der Waals surface area contributed by atoms with E-state index in [1.165, 1.54) is 19.2 Å². The van der Waals surface area contributed by atoms with E-state index in [0.717, 1.165) is 38.2 Å². The molecule has 0 spiro atoms. The molecule has 1 aromatic carbocycles. The number of pyridine rings is 1. The second-order valence-corrected chi connectivity index (χ2v) is 6.19. The molecule has 0 atom stereocenters. The Labute approximate surface area is 146 Å². The van der Waals surface area contributed by atoms with E-state index < -0.39 is 5.82 Å². The molecule has 1 amide bonds. The van der Waals surface area contributed by atoms with Crippen LogP contribution < -0.4 is 10.1 Å². The Morgan fingerprint density at radius 2 is 2.12 bits per heavy atom. The van der Waals surface area contributed by atoms with Crippen molar-refractivity contribution in [2.75, 3.05) is 20.2 Å². The highest BCUT2D eigenvalue weighted by atomic mass is 19.1.